The summed E-state index contributed by atoms with van der Waals surface area (Å²) in [5.41, 5.74) is 3.63. The Bertz CT molecular complexity index is 569. The van der Waals surface area contributed by atoms with Crippen molar-refractivity contribution in [2.24, 2.45) is 0 Å². The largest absolute Gasteiger partial charge is 0.309 e. The molecule has 0 spiro atoms. The molecule has 0 aliphatic carbocycles. The molecule has 0 saturated heterocycles. The van der Waals surface area contributed by atoms with Gasteiger partial charge in [0.15, 0.2) is 0 Å². The Hall–Kier alpha value is -1.38. The molecular formula is C18H23ClN2. The van der Waals surface area contributed by atoms with Crippen molar-refractivity contribution < 1.29 is 0 Å². The Labute approximate surface area is 132 Å². The molecule has 3 heteroatoms. The second-order valence-electron chi connectivity index (χ2n) is 5.48. The van der Waals surface area contributed by atoms with Crippen molar-refractivity contribution in [3.05, 3.63) is 64.4 Å². The first-order valence-corrected chi connectivity index (χ1v) is 7.91. The molecule has 0 amide bonds. The molecule has 1 aromatic carbocycles. The van der Waals surface area contributed by atoms with Gasteiger partial charge in [-0.1, -0.05) is 37.6 Å². The summed E-state index contributed by atoms with van der Waals surface area (Å²) in [5, 5.41) is 4.45. The van der Waals surface area contributed by atoms with E-state index in [0.717, 1.165) is 23.7 Å². The molecule has 1 heterocycles. The second kappa shape index (κ2) is 7.58. The molecule has 21 heavy (non-hydrogen) atoms. The number of aromatic nitrogens is 1. The molecule has 2 unspecified atom stereocenters. The van der Waals surface area contributed by atoms with Gasteiger partial charge in [0.05, 0.1) is 0 Å². The molecule has 2 nitrogen and oxygen atoms in total. The monoisotopic (exact) mass is 302 g/mol. The van der Waals surface area contributed by atoms with E-state index in [0.29, 0.717) is 5.92 Å². The molecule has 2 atom stereocenters. The smallest absolute Gasteiger partial charge is 0.0450 e. The Morgan fingerprint density at radius 3 is 2.67 bits per heavy atom. The van der Waals surface area contributed by atoms with Crippen LogP contribution in [0.2, 0.25) is 5.02 Å². The summed E-state index contributed by atoms with van der Waals surface area (Å²) in [7, 11) is 0. The predicted octanol–water partition coefficient (Wildman–Crippen LogP) is 4.89. The van der Waals surface area contributed by atoms with Crippen molar-refractivity contribution in [2.45, 2.75) is 39.2 Å². The minimum absolute atomic E-state index is 0.247. The number of aryl methyl sites for hydroxylation is 1. The molecule has 0 aliphatic rings. The van der Waals surface area contributed by atoms with Crippen LogP contribution in [0.4, 0.5) is 0 Å². The van der Waals surface area contributed by atoms with Crippen molar-refractivity contribution in [3.8, 4) is 0 Å². The van der Waals surface area contributed by atoms with Gasteiger partial charge in [-0.05, 0) is 55.3 Å². The maximum atomic E-state index is 6.09. The number of nitrogens with one attached hydrogen (secondary N) is 1. The number of halogens is 1. The molecule has 1 aromatic heterocycles. The average Bonchev–Trinajstić information content (AvgIpc) is 2.50. The third-order valence-corrected chi connectivity index (χ3v) is 4.07. The Balaban J connectivity index is 2.33. The maximum Gasteiger partial charge on any atom is 0.0450 e. The van der Waals surface area contributed by atoms with Crippen LogP contribution in [0.1, 0.15) is 49.0 Å². The van der Waals surface area contributed by atoms with Crippen LogP contribution in [0, 0.1) is 6.92 Å². The van der Waals surface area contributed by atoms with Gasteiger partial charge in [-0.15, -0.1) is 0 Å². The molecule has 0 aliphatic heterocycles. The Morgan fingerprint density at radius 2 is 2.05 bits per heavy atom. The van der Waals surface area contributed by atoms with E-state index in [1.54, 1.807) is 0 Å². The average molecular weight is 303 g/mol. The molecule has 0 saturated carbocycles. The van der Waals surface area contributed by atoms with Gasteiger partial charge < -0.3 is 5.32 Å². The quantitative estimate of drug-likeness (QED) is 0.822. The van der Waals surface area contributed by atoms with E-state index in [1.807, 2.05) is 30.5 Å². The van der Waals surface area contributed by atoms with Crippen molar-refractivity contribution in [1.82, 2.24) is 10.3 Å². The summed E-state index contributed by atoms with van der Waals surface area (Å²) in [5.74, 6) is 0.303. The number of pyridine rings is 1. The summed E-state index contributed by atoms with van der Waals surface area (Å²) < 4.78 is 0. The first-order chi connectivity index (χ1) is 10.1. The fraction of sp³-hybridized carbons (Fsp3) is 0.389. The van der Waals surface area contributed by atoms with Crippen LogP contribution in [-0.4, -0.2) is 11.5 Å². The molecular weight excluding hydrogens is 280 g/mol. The van der Waals surface area contributed by atoms with E-state index in [-0.39, 0.29) is 6.04 Å². The van der Waals surface area contributed by atoms with Gasteiger partial charge >= 0.3 is 0 Å². The number of hydrogen-bond donors (Lipinski definition) is 1. The van der Waals surface area contributed by atoms with Gasteiger partial charge in [0.25, 0.3) is 0 Å². The predicted molar refractivity (Wildman–Crippen MR) is 89.9 cm³/mol. The van der Waals surface area contributed by atoms with Gasteiger partial charge in [0.1, 0.15) is 0 Å². The number of hydrogen-bond acceptors (Lipinski definition) is 2. The molecule has 112 valence electrons. The third-order valence-electron chi connectivity index (χ3n) is 3.84. The summed E-state index contributed by atoms with van der Waals surface area (Å²) in [6.45, 7) is 7.52. The van der Waals surface area contributed by atoms with Crippen LogP contribution in [0.3, 0.4) is 0 Å². The lowest BCUT2D eigenvalue weighted by Gasteiger charge is -2.27. The van der Waals surface area contributed by atoms with Crippen molar-refractivity contribution in [2.75, 3.05) is 6.54 Å². The standard InChI is InChI=1S/C18H23ClN2/c1-4-10-21-18(14(3)17-7-5-6-11-20-17)16-9-8-15(19)12-13(16)2/h5-9,11-12,14,18,21H,4,10H2,1-3H3. The van der Waals surface area contributed by atoms with E-state index in [4.69, 9.17) is 11.6 Å². The second-order valence-corrected chi connectivity index (χ2v) is 5.91. The highest BCUT2D eigenvalue weighted by Crippen LogP contribution is 2.32. The summed E-state index contributed by atoms with van der Waals surface area (Å²) in [6.07, 6.45) is 2.97. The lowest BCUT2D eigenvalue weighted by Crippen LogP contribution is -2.27. The number of nitrogens with zero attached hydrogens (tertiary/aromatic N) is 1. The van der Waals surface area contributed by atoms with E-state index in [1.165, 1.54) is 11.1 Å². The van der Waals surface area contributed by atoms with Crippen LogP contribution < -0.4 is 5.32 Å². The van der Waals surface area contributed by atoms with Gasteiger partial charge in [-0.2, -0.15) is 0 Å². The van der Waals surface area contributed by atoms with E-state index < -0.39 is 0 Å². The summed E-state index contributed by atoms with van der Waals surface area (Å²) >= 11 is 6.09. The molecule has 2 aromatic rings. The number of benzene rings is 1. The topological polar surface area (TPSA) is 24.9 Å². The van der Waals surface area contributed by atoms with Crippen LogP contribution in [0.15, 0.2) is 42.6 Å². The molecule has 0 radical (unpaired) electrons. The van der Waals surface area contributed by atoms with E-state index >= 15 is 0 Å². The van der Waals surface area contributed by atoms with Gasteiger partial charge in [0, 0.05) is 28.9 Å². The van der Waals surface area contributed by atoms with Gasteiger partial charge in [-0.25, -0.2) is 0 Å². The highest BCUT2D eigenvalue weighted by Gasteiger charge is 2.22. The Morgan fingerprint density at radius 1 is 1.24 bits per heavy atom. The lowest BCUT2D eigenvalue weighted by molar-refractivity contribution is 0.458. The highest BCUT2D eigenvalue weighted by molar-refractivity contribution is 6.30. The minimum atomic E-state index is 0.247. The third kappa shape index (κ3) is 4.05. The maximum absolute atomic E-state index is 6.09. The van der Waals surface area contributed by atoms with Crippen molar-refractivity contribution in [3.63, 3.8) is 0 Å². The zero-order valence-electron chi connectivity index (χ0n) is 12.9. The van der Waals surface area contributed by atoms with E-state index in [2.05, 4.69) is 43.2 Å². The van der Waals surface area contributed by atoms with Crippen molar-refractivity contribution in [1.29, 1.82) is 0 Å². The molecule has 0 fully saturated rings. The van der Waals surface area contributed by atoms with Crippen LogP contribution >= 0.6 is 11.6 Å². The van der Waals surface area contributed by atoms with Crippen LogP contribution in [0.5, 0.6) is 0 Å². The normalized spacial score (nSPS) is 13.9. The summed E-state index contributed by atoms with van der Waals surface area (Å²) in [4.78, 5) is 4.51. The van der Waals surface area contributed by atoms with E-state index in [9.17, 15) is 0 Å². The number of rotatable bonds is 6. The minimum Gasteiger partial charge on any atom is -0.309 e. The Kier molecular flexibility index (Phi) is 5.77. The van der Waals surface area contributed by atoms with Crippen molar-refractivity contribution >= 4 is 11.6 Å². The van der Waals surface area contributed by atoms with Crippen LogP contribution in [-0.2, 0) is 0 Å². The lowest BCUT2D eigenvalue weighted by atomic mass is 9.89. The van der Waals surface area contributed by atoms with Gasteiger partial charge in [-0.3, -0.25) is 4.98 Å². The zero-order chi connectivity index (χ0) is 15.2. The van der Waals surface area contributed by atoms with Gasteiger partial charge in [0.2, 0.25) is 0 Å². The first kappa shape index (κ1) is 16.0. The first-order valence-electron chi connectivity index (χ1n) is 7.53. The SMILES string of the molecule is CCCNC(c1ccc(Cl)cc1C)C(C)c1ccccn1. The fourth-order valence-corrected chi connectivity index (χ4v) is 2.89. The molecule has 1 N–H and O–H groups in total. The molecule has 2 rings (SSSR count). The fourth-order valence-electron chi connectivity index (χ4n) is 2.66. The zero-order valence-corrected chi connectivity index (χ0v) is 13.7. The summed E-state index contributed by atoms with van der Waals surface area (Å²) in [6, 6.07) is 12.5. The highest BCUT2D eigenvalue weighted by atomic mass is 35.5. The molecule has 0 bridgehead atoms. The van der Waals surface area contributed by atoms with Crippen LogP contribution in [0.25, 0.3) is 0 Å².